The van der Waals surface area contributed by atoms with Gasteiger partial charge in [0.2, 0.25) is 0 Å². The molecule has 0 bridgehead atoms. The normalized spacial score (nSPS) is 18.4. The molecular formula is C12H26N2O2. The van der Waals surface area contributed by atoms with Gasteiger partial charge in [0.25, 0.3) is 0 Å². The summed E-state index contributed by atoms with van der Waals surface area (Å²) in [4.78, 5) is 2.29. The zero-order valence-corrected chi connectivity index (χ0v) is 10.8. The van der Waals surface area contributed by atoms with Gasteiger partial charge in [-0.15, -0.1) is 0 Å². The SMILES string of the molecule is CCOC(CN(C)C(CN)C1CC1)OCC. The maximum atomic E-state index is 5.81. The third-order valence-corrected chi connectivity index (χ3v) is 3.12. The topological polar surface area (TPSA) is 47.7 Å². The van der Waals surface area contributed by atoms with E-state index in [0.29, 0.717) is 19.3 Å². The first kappa shape index (κ1) is 13.9. The second kappa shape index (κ2) is 7.22. The Morgan fingerprint density at radius 2 is 1.81 bits per heavy atom. The van der Waals surface area contributed by atoms with E-state index in [0.717, 1.165) is 19.0 Å². The Hall–Kier alpha value is -0.160. The van der Waals surface area contributed by atoms with Crippen LogP contribution in [0.25, 0.3) is 0 Å². The molecule has 1 aliphatic carbocycles. The monoisotopic (exact) mass is 230 g/mol. The molecule has 1 aliphatic rings. The van der Waals surface area contributed by atoms with Crippen LogP contribution in [0.1, 0.15) is 26.7 Å². The van der Waals surface area contributed by atoms with E-state index >= 15 is 0 Å². The highest BCUT2D eigenvalue weighted by Crippen LogP contribution is 2.34. The number of rotatable bonds is 9. The average Bonchev–Trinajstić information content (AvgIpc) is 3.04. The van der Waals surface area contributed by atoms with E-state index in [-0.39, 0.29) is 6.29 Å². The molecule has 0 aromatic heterocycles. The van der Waals surface area contributed by atoms with Gasteiger partial charge in [-0.1, -0.05) is 0 Å². The quantitative estimate of drug-likeness (QED) is 0.602. The van der Waals surface area contributed by atoms with Crippen molar-refractivity contribution in [3.8, 4) is 0 Å². The van der Waals surface area contributed by atoms with Gasteiger partial charge in [-0.2, -0.15) is 0 Å². The summed E-state index contributed by atoms with van der Waals surface area (Å²) in [6.45, 7) is 6.90. The minimum atomic E-state index is -0.118. The number of likely N-dealkylation sites (N-methyl/N-ethyl adjacent to an activating group) is 1. The first-order valence-electron chi connectivity index (χ1n) is 6.36. The molecule has 4 heteroatoms. The Labute approximate surface area is 99.1 Å². The van der Waals surface area contributed by atoms with Crippen molar-refractivity contribution in [1.29, 1.82) is 0 Å². The predicted molar refractivity (Wildman–Crippen MR) is 65.2 cm³/mol. The minimum Gasteiger partial charge on any atom is -0.352 e. The first-order valence-corrected chi connectivity index (χ1v) is 6.36. The molecule has 96 valence electrons. The molecule has 0 aromatic rings. The van der Waals surface area contributed by atoms with E-state index in [1.165, 1.54) is 12.8 Å². The number of hydrogen-bond acceptors (Lipinski definition) is 4. The van der Waals surface area contributed by atoms with Crippen molar-refractivity contribution in [2.75, 3.05) is 33.4 Å². The van der Waals surface area contributed by atoms with Gasteiger partial charge >= 0.3 is 0 Å². The van der Waals surface area contributed by atoms with Gasteiger partial charge in [0.05, 0.1) is 0 Å². The van der Waals surface area contributed by atoms with Crippen LogP contribution in [0, 0.1) is 5.92 Å². The van der Waals surface area contributed by atoms with E-state index in [1.807, 2.05) is 13.8 Å². The summed E-state index contributed by atoms with van der Waals surface area (Å²) < 4.78 is 11.1. The molecule has 0 spiro atoms. The highest BCUT2D eigenvalue weighted by atomic mass is 16.7. The van der Waals surface area contributed by atoms with Crippen molar-refractivity contribution in [2.45, 2.75) is 39.0 Å². The maximum Gasteiger partial charge on any atom is 0.170 e. The molecule has 1 fully saturated rings. The summed E-state index contributed by atoms with van der Waals surface area (Å²) in [5, 5.41) is 0. The van der Waals surface area contributed by atoms with Crippen LogP contribution in [0.3, 0.4) is 0 Å². The lowest BCUT2D eigenvalue weighted by Crippen LogP contribution is -2.44. The van der Waals surface area contributed by atoms with Crippen molar-refractivity contribution in [2.24, 2.45) is 11.7 Å². The van der Waals surface area contributed by atoms with E-state index in [2.05, 4.69) is 11.9 Å². The van der Waals surface area contributed by atoms with E-state index in [9.17, 15) is 0 Å². The second-order valence-electron chi connectivity index (χ2n) is 4.42. The summed E-state index contributed by atoms with van der Waals surface area (Å²) in [6, 6.07) is 0.489. The molecule has 16 heavy (non-hydrogen) atoms. The van der Waals surface area contributed by atoms with Gasteiger partial charge < -0.3 is 15.2 Å². The zero-order chi connectivity index (χ0) is 12.0. The first-order chi connectivity index (χ1) is 7.72. The predicted octanol–water partition coefficient (Wildman–Crippen LogP) is 1.05. The third kappa shape index (κ3) is 4.37. The molecule has 1 atom stereocenters. The molecule has 0 saturated heterocycles. The summed E-state index contributed by atoms with van der Waals surface area (Å²) in [7, 11) is 2.11. The lowest BCUT2D eigenvalue weighted by molar-refractivity contribution is -0.148. The molecule has 1 saturated carbocycles. The van der Waals surface area contributed by atoms with Crippen LogP contribution in [0.5, 0.6) is 0 Å². The molecular weight excluding hydrogens is 204 g/mol. The van der Waals surface area contributed by atoms with Gasteiger partial charge in [0.15, 0.2) is 6.29 Å². The van der Waals surface area contributed by atoms with Gasteiger partial charge in [-0.05, 0) is 39.7 Å². The third-order valence-electron chi connectivity index (χ3n) is 3.12. The van der Waals surface area contributed by atoms with Crippen LogP contribution in [-0.2, 0) is 9.47 Å². The molecule has 0 heterocycles. The minimum absolute atomic E-state index is 0.118. The Balaban J connectivity index is 2.35. The highest BCUT2D eigenvalue weighted by molar-refractivity contribution is 4.88. The van der Waals surface area contributed by atoms with E-state index < -0.39 is 0 Å². The lowest BCUT2D eigenvalue weighted by atomic mass is 10.1. The average molecular weight is 230 g/mol. The Morgan fingerprint density at radius 1 is 1.25 bits per heavy atom. The van der Waals surface area contributed by atoms with Crippen LogP contribution in [-0.4, -0.2) is 50.6 Å². The van der Waals surface area contributed by atoms with Crippen LogP contribution in [0.15, 0.2) is 0 Å². The molecule has 0 aliphatic heterocycles. The van der Waals surface area contributed by atoms with Gasteiger partial charge in [-0.3, -0.25) is 4.90 Å². The van der Waals surface area contributed by atoms with Crippen molar-refractivity contribution in [3.05, 3.63) is 0 Å². The van der Waals surface area contributed by atoms with Crippen molar-refractivity contribution < 1.29 is 9.47 Å². The van der Waals surface area contributed by atoms with Crippen LogP contribution >= 0.6 is 0 Å². The number of ether oxygens (including phenoxy) is 2. The zero-order valence-electron chi connectivity index (χ0n) is 10.8. The van der Waals surface area contributed by atoms with Crippen LogP contribution in [0.2, 0.25) is 0 Å². The number of nitrogens with zero attached hydrogens (tertiary/aromatic N) is 1. The van der Waals surface area contributed by atoms with Gasteiger partial charge in [0, 0.05) is 32.3 Å². The van der Waals surface area contributed by atoms with Gasteiger partial charge in [-0.25, -0.2) is 0 Å². The smallest absolute Gasteiger partial charge is 0.170 e. The van der Waals surface area contributed by atoms with Gasteiger partial charge in [0.1, 0.15) is 0 Å². The van der Waals surface area contributed by atoms with Crippen molar-refractivity contribution in [3.63, 3.8) is 0 Å². The summed E-state index contributed by atoms with van der Waals surface area (Å²) in [5.41, 5.74) is 5.81. The second-order valence-corrected chi connectivity index (χ2v) is 4.42. The molecule has 0 aromatic carbocycles. The molecule has 2 N–H and O–H groups in total. The number of nitrogens with two attached hydrogens (primary N) is 1. The van der Waals surface area contributed by atoms with Crippen molar-refractivity contribution >= 4 is 0 Å². The lowest BCUT2D eigenvalue weighted by Gasteiger charge is -2.30. The van der Waals surface area contributed by atoms with Crippen molar-refractivity contribution in [1.82, 2.24) is 4.90 Å². The largest absolute Gasteiger partial charge is 0.352 e. The fourth-order valence-electron chi connectivity index (χ4n) is 2.11. The Kier molecular flexibility index (Phi) is 6.28. The Bertz CT molecular complexity index is 180. The molecule has 1 unspecified atom stereocenters. The molecule has 0 amide bonds. The molecule has 0 radical (unpaired) electrons. The van der Waals surface area contributed by atoms with E-state index in [4.69, 9.17) is 15.2 Å². The fraction of sp³-hybridized carbons (Fsp3) is 1.00. The summed E-state index contributed by atoms with van der Waals surface area (Å²) >= 11 is 0. The fourth-order valence-corrected chi connectivity index (χ4v) is 2.11. The Morgan fingerprint density at radius 3 is 2.19 bits per heavy atom. The molecule has 4 nitrogen and oxygen atoms in total. The highest BCUT2D eigenvalue weighted by Gasteiger charge is 2.33. The standard InChI is InChI=1S/C12H26N2O2/c1-4-15-12(16-5-2)9-14(3)11(8-13)10-6-7-10/h10-12H,4-9,13H2,1-3H3. The number of hydrogen-bond donors (Lipinski definition) is 1. The maximum absolute atomic E-state index is 5.81. The van der Waals surface area contributed by atoms with Crippen LogP contribution in [0.4, 0.5) is 0 Å². The van der Waals surface area contributed by atoms with Crippen LogP contribution < -0.4 is 5.73 Å². The molecule has 1 rings (SSSR count). The van der Waals surface area contributed by atoms with E-state index in [1.54, 1.807) is 0 Å². The summed E-state index contributed by atoms with van der Waals surface area (Å²) in [5.74, 6) is 0.791. The summed E-state index contributed by atoms with van der Waals surface area (Å²) in [6.07, 6.45) is 2.52.